The largest absolute Gasteiger partial charge is 0.377 e. The van der Waals surface area contributed by atoms with E-state index in [4.69, 9.17) is 11.6 Å². The summed E-state index contributed by atoms with van der Waals surface area (Å²) >= 11 is 9.30. The van der Waals surface area contributed by atoms with Crippen molar-refractivity contribution >= 4 is 50.9 Å². The predicted octanol–water partition coefficient (Wildman–Crippen LogP) is 4.71. The van der Waals surface area contributed by atoms with E-state index in [2.05, 4.69) is 21.2 Å². The molecule has 0 aliphatic heterocycles. The lowest BCUT2D eigenvalue weighted by atomic mass is 10.1. The van der Waals surface area contributed by atoms with Crippen LogP contribution in [0.3, 0.4) is 0 Å². The van der Waals surface area contributed by atoms with Crippen LogP contribution in [0.5, 0.6) is 0 Å². The van der Waals surface area contributed by atoms with E-state index in [1.807, 2.05) is 43.3 Å². The van der Waals surface area contributed by atoms with Gasteiger partial charge in [0.15, 0.2) is 0 Å². The van der Waals surface area contributed by atoms with E-state index >= 15 is 0 Å². The van der Waals surface area contributed by atoms with Crippen molar-refractivity contribution in [2.75, 3.05) is 24.3 Å². The molecule has 6 heteroatoms. The molecule has 24 heavy (non-hydrogen) atoms. The molecule has 2 aromatic carbocycles. The summed E-state index contributed by atoms with van der Waals surface area (Å²) < 4.78 is 0.886. The first-order valence-corrected chi connectivity index (χ1v) is 8.23. The summed E-state index contributed by atoms with van der Waals surface area (Å²) in [4.78, 5) is 14.2. The topological polar surface area (TPSA) is 56.1 Å². The van der Waals surface area contributed by atoms with Gasteiger partial charge in [0.25, 0.3) is 5.91 Å². The summed E-state index contributed by atoms with van der Waals surface area (Å²) in [7, 11) is 3.88. The third kappa shape index (κ3) is 4.60. The van der Waals surface area contributed by atoms with E-state index in [0.717, 1.165) is 15.7 Å². The van der Waals surface area contributed by atoms with Gasteiger partial charge in [-0.15, -0.1) is 0 Å². The molecule has 0 unspecified atom stereocenters. The number of carbonyl (C=O) groups excluding carboxylic acids is 1. The van der Waals surface area contributed by atoms with Crippen LogP contribution in [-0.2, 0) is 4.79 Å². The van der Waals surface area contributed by atoms with Crippen LogP contribution in [0.15, 0.2) is 52.5 Å². The van der Waals surface area contributed by atoms with Gasteiger partial charge in [0.1, 0.15) is 11.6 Å². The third-order valence-corrected chi connectivity index (χ3v) is 4.12. The second-order valence-corrected chi connectivity index (χ2v) is 6.53. The quantitative estimate of drug-likeness (QED) is 0.593. The Morgan fingerprint density at radius 1 is 1.25 bits per heavy atom. The van der Waals surface area contributed by atoms with E-state index in [9.17, 15) is 10.1 Å². The minimum atomic E-state index is -0.465. The highest BCUT2D eigenvalue weighted by molar-refractivity contribution is 9.10. The molecule has 1 N–H and O–H groups in total. The Morgan fingerprint density at radius 2 is 1.92 bits per heavy atom. The average Bonchev–Trinajstić information content (AvgIpc) is 2.54. The Bertz CT molecular complexity index is 823. The van der Waals surface area contributed by atoms with Crippen molar-refractivity contribution in [1.29, 1.82) is 5.26 Å². The average molecular weight is 405 g/mol. The zero-order chi connectivity index (χ0) is 17.7. The Hall–Kier alpha value is -2.29. The van der Waals surface area contributed by atoms with Gasteiger partial charge in [0.05, 0.1) is 5.69 Å². The second-order valence-electron chi connectivity index (χ2n) is 5.24. The van der Waals surface area contributed by atoms with Gasteiger partial charge >= 0.3 is 0 Å². The van der Waals surface area contributed by atoms with Gasteiger partial charge in [-0.05, 0) is 64.0 Å². The number of hydrogen-bond donors (Lipinski definition) is 1. The fourth-order valence-electron chi connectivity index (χ4n) is 2.02. The third-order valence-electron chi connectivity index (χ3n) is 3.23. The van der Waals surface area contributed by atoms with Crippen molar-refractivity contribution in [3.63, 3.8) is 0 Å². The number of rotatable bonds is 4. The molecule has 0 aliphatic carbocycles. The van der Waals surface area contributed by atoms with Crippen molar-refractivity contribution < 1.29 is 4.79 Å². The van der Waals surface area contributed by atoms with Crippen molar-refractivity contribution in [2.45, 2.75) is 0 Å². The molecule has 0 heterocycles. The number of halogens is 2. The summed E-state index contributed by atoms with van der Waals surface area (Å²) in [5.41, 5.74) is 2.37. The molecule has 2 aromatic rings. The van der Waals surface area contributed by atoms with Gasteiger partial charge in [-0.3, -0.25) is 4.79 Å². The number of carbonyl (C=O) groups is 1. The maximum Gasteiger partial charge on any atom is 0.266 e. The Kier molecular flexibility index (Phi) is 6.02. The summed E-state index contributed by atoms with van der Waals surface area (Å²) in [6.45, 7) is 0. The normalized spacial score (nSPS) is 10.9. The molecule has 0 fully saturated rings. The fourth-order valence-corrected chi connectivity index (χ4v) is 2.90. The van der Waals surface area contributed by atoms with Crippen molar-refractivity contribution in [3.05, 3.63) is 63.1 Å². The lowest BCUT2D eigenvalue weighted by molar-refractivity contribution is -0.112. The van der Waals surface area contributed by atoms with Crippen LogP contribution in [0.4, 0.5) is 11.4 Å². The molecule has 0 aliphatic rings. The zero-order valence-corrected chi connectivity index (χ0v) is 15.5. The highest BCUT2D eigenvalue weighted by Crippen LogP contribution is 2.26. The highest BCUT2D eigenvalue weighted by atomic mass is 79.9. The molecule has 0 atom stereocenters. The van der Waals surface area contributed by atoms with Gasteiger partial charge in [0, 0.05) is 29.3 Å². The minimum absolute atomic E-state index is 0.0226. The first-order chi connectivity index (χ1) is 11.4. The predicted molar refractivity (Wildman–Crippen MR) is 102 cm³/mol. The SMILES string of the molecule is CN(C)c1ccc(C=C(C#N)C(=O)Nc2ccc(Cl)cc2)cc1Br. The molecule has 0 saturated carbocycles. The maximum atomic E-state index is 12.2. The Morgan fingerprint density at radius 3 is 2.46 bits per heavy atom. The van der Waals surface area contributed by atoms with E-state index in [1.54, 1.807) is 30.3 Å². The maximum absolute atomic E-state index is 12.2. The number of benzene rings is 2. The molecule has 0 aromatic heterocycles. The summed E-state index contributed by atoms with van der Waals surface area (Å²) in [5.74, 6) is -0.465. The lowest BCUT2D eigenvalue weighted by Crippen LogP contribution is -2.13. The van der Waals surface area contributed by atoms with Crippen molar-refractivity contribution in [2.24, 2.45) is 0 Å². The van der Waals surface area contributed by atoms with Gasteiger partial charge in [-0.2, -0.15) is 5.26 Å². The number of nitrogens with zero attached hydrogens (tertiary/aromatic N) is 2. The number of amides is 1. The molecule has 2 rings (SSSR count). The second kappa shape index (κ2) is 8.00. The molecular weight excluding hydrogens is 390 g/mol. The number of nitriles is 1. The number of nitrogens with one attached hydrogen (secondary N) is 1. The smallest absolute Gasteiger partial charge is 0.266 e. The molecule has 4 nitrogen and oxygen atoms in total. The summed E-state index contributed by atoms with van der Waals surface area (Å²) in [6, 6.07) is 14.3. The van der Waals surface area contributed by atoms with E-state index < -0.39 is 5.91 Å². The molecule has 0 spiro atoms. The molecule has 0 radical (unpaired) electrons. The van der Waals surface area contributed by atoms with E-state index in [0.29, 0.717) is 10.7 Å². The van der Waals surface area contributed by atoms with Crippen LogP contribution >= 0.6 is 27.5 Å². The summed E-state index contributed by atoms with van der Waals surface area (Å²) in [6.07, 6.45) is 1.55. The van der Waals surface area contributed by atoms with Crippen LogP contribution in [0.1, 0.15) is 5.56 Å². The molecule has 0 saturated heterocycles. The standard InChI is InChI=1S/C18H15BrClN3O/c1-23(2)17-8-3-12(10-16(17)19)9-13(11-21)18(24)22-15-6-4-14(20)5-7-15/h3-10H,1-2H3,(H,22,24). The van der Waals surface area contributed by atoms with Gasteiger partial charge in [0.2, 0.25) is 0 Å². The van der Waals surface area contributed by atoms with Crippen LogP contribution in [0, 0.1) is 11.3 Å². The zero-order valence-electron chi connectivity index (χ0n) is 13.2. The van der Waals surface area contributed by atoms with Crippen molar-refractivity contribution in [1.82, 2.24) is 0 Å². The van der Waals surface area contributed by atoms with Gasteiger partial charge in [-0.1, -0.05) is 17.7 Å². The first kappa shape index (κ1) is 18.1. The van der Waals surface area contributed by atoms with Crippen molar-refractivity contribution in [3.8, 4) is 6.07 Å². The van der Waals surface area contributed by atoms with Gasteiger partial charge < -0.3 is 10.2 Å². The number of anilines is 2. The Labute approximate surface area is 154 Å². The molecule has 1 amide bonds. The fraction of sp³-hybridized carbons (Fsp3) is 0.111. The molecular formula is C18H15BrClN3O. The van der Waals surface area contributed by atoms with Crippen LogP contribution in [-0.4, -0.2) is 20.0 Å². The van der Waals surface area contributed by atoms with Crippen LogP contribution < -0.4 is 10.2 Å². The molecule has 0 bridgehead atoms. The van der Waals surface area contributed by atoms with E-state index in [1.165, 1.54) is 0 Å². The van der Waals surface area contributed by atoms with E-state index in [-0.39, 0.29) is 5.57 Å². The van der Waals surface area contributed by atoms with Gasteiger partial charge in [-0.25, -0.2) is 0 Å². The Balaban J connectivity index is 2.22. The number of hydrogen-bond acceptors (Lipinski definition) is 3. The lowest BCUT2D eigenvalue weighted by Gasteiger charge is -2.14. The highest BCUT2D eigenvalue weighted by Gasteiger charge is 2.10. The summed E-state index contributed by atoms with van der Waals surface area (Å²) in [5, 5.41) is 12.5. The monoisotopic (exact) mass is 403 g/mol. The molecule has 122 valence electrons. The minimum Gasteiger partial charge on any atom is -0.377 e. The van der Waals surface area contributed by atoms with Crippen LogP contribution in [0.25, 0.3) is 6.08 Å². The van der Waals surface area contributed by atoms with Crippen LogP contribution in [0.2, 0.25) is 5.02 Å². The first-order valence-electron chi connectivity index (χ1n) is 7.06.